The molecular weight excluding hydrogens is 368 g/mol. The van der Waals surface area contributed by atoms with Crippen LogP contribution in [0.3, 0.4) is 0 Å². The Labute approximate surface area is 169 Å². The lowest BCUT2D eigenvalue weighted by atomic mass is 10.0. The number of amides is 1. The second-order valence-electron chi connectivity index (χ2n) is 7.71. The van der Waals surface area contributed by atoms with E-state index in [9.17, 15) is 9.59 Å². The van der Waals surface area contributed by atoms with E-state index in [-0.39, 0.29) is 17.6 Å². The Hall–Kier alpha value is -2.86. The summed E-state index contributed by atoms with van der Waals surface area (Å²) in [5.41, 5.74) is 2.49. The van der Waals surface area contributed by atoms with E-state index in [1.54, 1.807) is 18.2 Å². The second kappa shape index (κ2) is 8.25. The van der Waals surface area contributed by atoms with Crippen LogP contribution in [0.25, 0.3) is 11.0 Å². The molecule has 1 aliphatic rings. The number of likely N-dealkylation sites (tertiary alicyclic amines) is 1. The van der Waals surface area contributed by atoms with Gasteiger partial charge in [-0.2, -0.15) is 0 Å². The number of piperidine rings is 1. The normalized spacial score (nSPS) is 15.7. The van der Waals surface area contributed by atoms with Crippen molar-refractivity contribution in [3.8, 4) is 0 Å². The fourth-order valence-electron chi connectivity index (χ4n) is 3.91. The highest BCUT2D eigenvalue weighted by molar-refractivity contribution is 5.91. The first-order valence-corrected chi connectivity index (χ1v) is 10.2. The maximum absolute atomic E-state index is 12.3. The highest BCUT2D eigenvalue weighted by atomic mass is 16.4. The van der Waals surface area contributed by atoms with Crippen LogP contribution in [0, 0.1) is 6.92 Å². The standard InChI is InChI=1S/C23H26N2O4/c1-3-16-5-6-19-17(13-22(26)29-21(19)12-16)14-25-10-8-18(9-11-25)24-23(27)20-7-4-15(2)28-20/h4-7,12-13,18H,3,8-11,14H2,1-2H3,(H,24,27). The van der Waals surface area contributed by atoms with Gasteiger partial charge in [0.15, 0.2) is 5.76 Å². The van der Waals surface area contributed by atoms with E-state index in [0.29, 0.717) is 17.9 Å². The summed E-state index contributed by atoms with van der Waals surface area (Å²) < 4.78 is 10.8. The molecule has 6 heteroatoms. The average Bonchev–Trinajstić information content (AvgIpc) is 3.15. The molecule has 1 amide bonds. The molecular formula is C23H26N2O4. The van der Waals surface area contributed by atoms with Crippen LogP contribution in [0.4, 0.5) is 0 Å². The van der Waals surface area contributed by atoms with Crippen molar-refractivity contribution in [3.05, 3.63) is 69.5 Å². The van der Waals surface area contributed by atoms with Gasteiger partial charge in [0, 0.05) is 37.1 Å². The van der Waals surface area contributed by atoms with Gasteiger partial charge < -0.3 is 14.2 Å². The van der Waals surface area contributed by atoms with Crippen molar-refractivity contribution < 1.29 is 13.6 Å². The quantitative estimate of drug-likeness (QED) is 0.669. The minimum atomic E-state index is -0.309. The van der Waals surface area contributed by atoms with Crippen LogP contribution in [0.2, 0.25) is 0 Å². The van der Waals surface area contributed by atoms with Gasteiger partial charge in [0.25, 0.3) is 5.91 Å². The third kappa shape index (κ3) is 4.43. The van der Waals surface area contributed by atoms with Crippen molar-refractivity contribution in [2.24, 2.45) is 0 Å². The summed E-state index contributed by atoms with van der Waals surface area (Å²) in [6, 6.07) is 11.3. The number of carbonyl (C=O) groups is 1. The highest BCUT2D eigenvalue weighted by Gasteiger charge is 2.23. The number of aryl methyl sites for hydroxylation is 2. The van der Waals surface area contributed by atoms with E-state index in [4.69, 9.17) is 8.83 Å². The van der Waals surface area contributed by atoms with Crippen molar-refractivity contribution >= 4 is 16.9 Å². The Morgan fingerprint density at radius 3 is 2.62 bits per heavy atom. The molecule has 1 N–H and O–H groups in total. The van der Waals surface area contributed by atoms with E-state index in [1.807, 2.05) is 19.1 Å². The van der Waals surface area contributed by atoms with Crippen LogP contribution in [-0.4, -0.2) is 29.9 Å². The Balaban J connectivity index is 1.39. The minimum Gasteiger partial charge on any atom is -0.456 e. The summed E-state index contributed by atoms with van der Waals surface area (Å²) in [6.45, 7) is 6.32. The number of fused-ring (bicyclic) bond motifs is 1. The molecule has 1 fully saturated rings. The van der Waals surface area contributed by atoms with Crippen molar-refractivity contribution in [2.75, 3.05) is 13.1 Å². The molecule has 0 radical (unpaired) electrons. The summed E-state index contributed by atoms with van der Waals surface area (Å²) in [7, 11) is 0. The van der Waals surface area contributed by atoms with E-state index >= 15 is 0 Å². The summed E-state index contributed by atoms with van der Waals surface area (Å²) in [5.74, 6) is 0.935. The molecule has 152 valence electrons. The number of rotatable bonds is 5. The number of hydrogen-bond donors (Lipinski definition) is 1. The summed E-state index contributed by atoms with van der Waals surface area (Å²) in [4.78, 5) is 26.6. The summed E-state index contributed by atoms with van der Waals surface area (Å²) in [5, 5.41) is 4.05. The molecule has 2 aromatic heterocycles. The molecule has 3 aromatic rings. The lowest BCUT2D eigenvalue weighted by Crippen LogP contribution is -2.44. The Morgan fingerprint density at radius 1 is 1.14 bits per heavy atom. The molecule has 0 saturated carbocycles. The predicted molar refractivity (Wildman–Crippen MR) is 111 cm³/mol. The van der Waals surface area contributed by atoms with Gasteiger partial charge in [-0.05, 0) is 55.5 Å². The number of nitrogens with zero attached hydrogens (tertiary/aromatic N) is 1. The molecule has 0 unspecified atom stereocenters. The topological polar surface area (TPSA) is 75.7 Å². The number of benzene rings is 1. The zero-order valence-electron chi connectivity index (χ0n) is 16.9. The monoisotopic (exact) mass is 394 g/mol. The van der Waals surface area contributed by atoms with Crippen molar-refractivity contribution in [2.45, 2.75) is 45.7 Å². The molecule has 0 aliphatic carbocycles. The molecule has 0 bridgehead atoms. The Kier molecular flexibility index (Phi) is 5.53. The van der Waals surface area contributed by atoms with E-state index in [2.05, 4.69) is 23.2 Å². The molecule has 1 saturated heterocycles. The lowest BCUT2D eigenvalue weighted by Gasteiger charge is -2.32. The Morgan fingerprint density at radius 2 is 1.93 bits per heavy atom. The smallest absolute Gasteiger partial charge is 0.336 e. The molecule has 6 nitrogen and oxygen atoms in total. The first kappa shape index (κ1) is 19.5. The van der Waals surface area contributed by atoms with Gasteiger partial charge in [-0.3, -0.25) is 9.69 Å². The fourth-order valence-corrected chi connectivity index (χ4v) is 3.91. The number of furan rings is 1. The predicted octanol–water partition coefficient (Wildman–Crippen LogP) is 3.65. The highest BCUT2D eigenvalue weighted by Crippen LogP contribution is 2.22. The van der Waals surface area contributed by atoms with Gasteiger partial charge >= 0.3 is 5.63 Å². The van der Waals surface area contributed by atoms with Crippen LogP contribution in [0.1, 0.15) is 47.2 Å². The van der Waals surface area contributed by atoms with Gasteiger partial charge in [0.05, 0.1) is 0 Å². The third-order valence-electron chi connectivity index (χ3n) is 5.58. The van der Waals surface area contributed by atoms with Gasteiger partial charge in [-0.15, -0.1) is 0 Å². The Bertz CT molecular complexity index is 1070. The summed E-state index contributed by atoms with van der Waals surface area (Å²) in [6.07, 6.45) is 2.64. The van der Waals surface area contributed by atoms with Gasteiger partial charge in [-0.25, -0.2) is 4.79 Å². The molecule has 0 atom stereocenters. The maximum atomic E-state index is 12.3. The molecule has 1 aliphatic heterocycles. The van der Waals surface area contributed by atoms with Crippen molar-refractivity contribution in [3.63, 3.8) is 0 Å². The number of carbonyl (C=O) groups excluding carboxylic acids is 1. The molecule has 3 heterocycles. The van der Waals surface area contributed by atoms with Gasteiger partial charge in [0.2, 0.25) is 0 Å². The average molecular weight is 394 g/mol. The third-order valence-corrected chi connectivity index (χ3v) is 5.58. The van der Waals surface area contributed by atoms with Gasteiger partial charge in [-0.1, -0.05) is 19.1 Å². The van der Waals surface area contributed by atoms with Crippen LogP contribution in [0.15, 0.2) is 50.0 Å². The number of nitrogens with one attached hydrogen (secondary N) is 1. The largest absolute Gasteiger partial charge is 0.456 e. The second-order valence-corrected chi connectivity index (χ2v) is 7.71. The lowest BCUT2D eigenvalue weighted by molar-refractivity contribution is 0.0880. The molecule has 1 aromatic carbocycles. The fraction of sp³-hybridized carbons (Fsp3) is 0.391. The minimum absolute atomic E-state index is 0.133. The zero-order chi connectivity index (χ0) is 20.4. The van der Waals surface area contributed by atoms with Crippen molar-refractivity contribution in [1.82, 2.24) is 10.2 Å². The van der Waals surface area contributed by atoms with Crippen LogP contribution < -0.4 is 10.9 Å². The summed E-state index contributed by atoms with van der Waals surface area (Å²) >= 11 is 0. The maximum Gasteiger partial charge on any atom is 0.336 e. The molecule has 4 rings (SSSR count). The van der Waals surface area contributed by atoms with Crippen LogP contribution in [0.5, 0.6) is 0 Å². The molecule has 29 heavy (non-hydrogen) atoms. The molecule has 0 spiro atoms. The van der Waals surface area contributed by atoms with Crippen molar-refractivity contribution in [1.29, 1.82) is 0 Å². The van der Waals surface area contributed by atoms with E-state index < -0.39 is 0 Å². The SMILES string of the molecule is CCc1ccc2c(CN3CCC(NC(=O)c4ccc(C)o4)CC3)cc(=O)oc2c1. The van der Waals surface area contributed by atoms with Gasteiger partial charge in [0.1, 0.15) is 11.3 Å². The van der Waals surface area contributed by atoms with E-state index in [1.165, 1.54) is 0 Å². The first-order valence-electron chi connectivity index (χ1n) is 10.2. The van der Waals surface area contributed by atoms with Crippen LogP contribution >= 0.6 is 0 Å². The first-order chi connectivity index (χ1) is 14.0. The number of hydrogen-bond acceptors (Lipinski definition) is 5. The van der Waals surface area contributed by atoms with E-state index in [0.717, 1.165) is 54.6 Å². The van der Waals surface area contributed by atoms with Crippen LogP contribution in [-0.2, 0) is 13.0 Å². The zero-order valence-corrected chi connectivity index (χ0v) is 16.9.